The van der Waals surface area contributed by atoms with E-state index in [1.165, 1.54) is 141 Å². The predicted octanol–water partition coefficient (Wildman–Crippen LogP) is 12.7. The molecular weight excluding hydrogens is 616 g/mol. The summed E-state index contributed by atoms with van der Waals surface area (Å²) in [4.78, 5) is 36.6. The van der Waals surface area contributed by atoms with Crippen LogP contribution in [0, 0.1) is 5.41 Å². The fraction of sp³-hybridized carbons (Fsp3) is 0.929. The zero-order valence-electron chi connectivity index (χ0n) is 32.3. The average molecular weight is 697 g/mol. The number of hydrogen-bond donors (Lipinski definition) is 4. The second-order valence-corrected chi connectivity index (χ2v) is 15.2. The summed E-state index contributed by atoms with van der Waals surface area (Å²) >= 11 is 0. The van der Waals surface area contributed by atoms with E-state index >= 15 is 0 Å². The van der Waals surface area contributed by atoms with Gasteiger partial charge in [-0.05, 0) is 12.8 Å². The summed E-state index contributed by atoms with van der Waals surface area (Å²) in [7, 11) is 0. The topological polar surface area (TPSA) is 132 Å². The van der Waals surface area contributed by atoms with Crippen LogP contribution in [0.5, 0.6) is 0 Å². The molecule has 49 heavy (non-hydrogen) atoms. The summed E-state index contributed by atoms with van der Waals surface area (Å²) in [6, 6.07) is 0. The minimum atomic E-state index is -2.85. The first-order valence-corrected chi connectivity index (χ1v) is 21.1. The fourth-order valence-electron chi connectivity index (χ4n) is 7.55. The molecule has 7 heteroatoms. The first-order valence-electron chi connectivity index (χ1n) is 21.1. The van der Waals surface area contributed by atoms with Crippen molar-refractivity contribution in [3.63, 3.8) is 0 Å². The molecule has 0 amide bonds. The molecule has 2 unspecified atom stereocenters. The molecule has 2 atom stereocenters. The monoisotopic (exact) mass is 697 g/mol. The molecule has 0 aliphatic carbocycles. The van der Waals surface area contributed by atoms with Gasteiger partial charge in [-0.25, -0.2) is 4.79 Å². The Bertz CT molecular complexity index is 800. The van der Waals surface area contributed by atoms with Gasteiger partial charge in [0.15, 0.2) is 5.60 Å². The number of aliphatic carboxylic acids is 3. The van der Waals surface area contributed by atoms with Crippen molar-refractivity contribution in [1.29, 1.82) is 0 Å². The number of rotatable bonds is 39. The lowest BCUT2D eigenvalue weighted by Crippen LogP contribution is -2.59. The highest BCUT2D eigenvalue weighted by Crippen LogP contribution is 2.45. The molecule has 0 rings (SSSR count). The molecule has 290 valence electrons. The zero-order chi connectivity index (χ0) is 36.5. The third-order valence-corrected chi connectivity index (χ3v) is 10.9. The lowest BCUT2D eigenvalue weighted by atomic mass is 9.64. The molecule has 0 saturated heterocycles. The number of aliphatic hydroxyl groups is 1. The molecule has 0 aliphatic heterocycles. The van der Waals surface area contributed by atoms with Crippen LogP contribution < -0.4 is 0 Å². The van der Waals surface area contributed by atoms with Crippen LogP contribution in [0.2, 0.25) is 0 Å². The molecule has 0 heterocycles. The predicted molar refractivity (Wildman–Crippen MR) is 203 cm³/mol. The normalized spacial score (nSPS) is 14.0. The van der Waals surface area contributed by atoms with E-state index in [2.05, 4.69) is 13.8 Å². The Balaban J connectivity index is 4.46. The summed E-state index contributed by atoms with van der Waals surface area (Å²) in [5.41, 5.74) is -4.88. The summed E-state index contributed by atoms with van der Waals surface area (Å²) in [6.45, 7) is 4.50. The van der Waals surface area contributed by atoms with E-state index in [4.69, 9.17) is 0 Å². The highest BCUT2D eigenvalue weighted by molar-refractivity contribution is 5.92. The standard InChI is InChI=1S/C42H80O7/c1-3-5-7-9-11-13-15-17-19-20-21-22-24-26-28-30-32-34-36-41(39(45)46,42(49,40(47)48)37-38(43)44)35-33-31-29-27-25-23-18-16-14-12-10-8-6-4-2/h49H,3-37H2,1-2H3,(H,43,44)(H,45,46)(H,47,48). The van der Waals surface area contributed by atoms with Gasteiger partial charge in [0, 0.05) is 0 Å². The maximum absolute atomic E-state index is 12.7. The second-order valence-electron chi connectivity index (χ2n) is 15.2. The van der Waals surface area contributed by atoms with Crippen LogP contribution in [0.25, 0.3) is 0 Å². The van der Waals surface area contributed by atoms with Gasteiger partial charge < -0.3 is 20.4 Å². The number of carboxylic acid groups (broad SMARTS) is 3. The highest BCUT2D eigenvalue weighted by atomic mass is 16.4. The SMILES string of the molecule is CCCCCCCCCCCCCCCCCCCCC(CCCCCCCCCCCCCCCC)(C(=O)O)C(O)(CC(=O)O)C(=O)O. The third-order valence-electron chi connectivity index (χ3n) is 10.9. The number of hydrogen-bond acceptors (Lipinski definition) is 4. The van der Waals surface area contributed by atoms with Crippen molar-refractivity contribution in [3.05, 3.63) is 0 Å². The van der Waals surface area contributed by atoms with E-state index in [1.807, 2.05) is 0 Å². The highest BCUT2D eigenvalue weighted by Gasteiger charge is 2.61. The smallest absolute Gasteiger partial charge is 0.337 e. The van der Waals surface area contributed by atoms with Crippen molar-refractivity contribution in [2.45, 2.75) is 244 Å². The molecule has 7 nitrogen and oxygen atoms in total. The van der Waals surface area contributed by atoms with Crippen LogP contribution in [0.4, 0.5) is 0 Å². The van der Waals surface area contributed by atoms with Crippen LogP contribution in [-0.4, -0.2) is 43.9 Å². The molecule has 0 bridgehead atoms. The molecule has 0 radical (unpaired) electrons. The number of unbranched alkanes of at least 4 members (excludes halogenated alkanes) is 30. The Hall–Kier alpha value is -1.63. The summed E-state index contributed by atoms with van der Waals surface area (Å²) in [6.07, 6.45) is 36.5. The number of carboxylic acids is 3. The zero-order valence-corrected chi connectivity index (χ0v) is 32.3. The first kappa shape index (κ1) is 47.4. The molecule has 0 aromatic carbocycles. The fourth-order valence-corrected chi connectivity index (χ4v) is 7.55. The van der Waals surface area contributed by atoms with E-state index in [1.54, 1.807) is 0 Å². The third kappa shape index (κ3) is 23.5. The molecule has 0 fully saturated rings. The van der Waals surface area contributed by atoms with E-state index in [9.17, 15) is 34.8 Å². The van der Waals surface area contributed by atoms with Gasteiger partial charge in [-0.15, -0.1) is 0 Å². The van der Waals surface area contributed by atoms with Crippen molar-refractivity contribution in [2.24, 2.45) is 5.41 Å². The van der Waals surface area contributed by atoms with Gasteiger partial charge in [-0.3, -0.25) is 9.59 Å². The van der Waals surface area contributed by atoms with Gasteiger partial charge in [-0.1, -0.05) is 219 Å². The summed E-state index contributed by atoms with van der Waals surface area (Å²) in [5.74, 6) is -4.67. The first-order chi connectivity index (χ1) is 23.7. The van der Waals surface area contributed by atoms with Crippen LogP contribution in [0.3, 0.4) is 0 Å². The van der Waals surface area contributed by atoms with Crippen LogP contribution in [0.15, 0.2) is 0 Å². The maximum Gasteiger partial charge on any atom is 0.337 e. The van der Waals surface area contributed by atoms with E-state index in [0.29, 0.717) is 12.8 Å². The quantitative estimate of drug-likeness (QED) is 0.0470. The van der Waals surface area contributed by atoms with E-state index in [0.717, 1.165) is 51.4 Å². The van der Waals surface area contributed by atoms with Crippen molar-refractivity contribution < 1.29 is 34.8 Å². The number of carbonyl (C=O) groups is 3. The maximum atomic E-state index is 12.7. The van der Waals surface area contributed by atoms with E-state index in [-0.39, 0.29) is 12.8 Å². The van der Waals surface area contributed by atoms with Gasteiger partial charge in [0.05, 0.1) is 6.42 Å². The summed E-state index contributed by atoms with van der Waals surface area (Å²) < 4.78 is 0. The minimum absolute atomic E-state index is 0.0321. The lowest BCUT2D eigenvalue weighted by molar-refractivity contribution is -0.196. The Labute approximate surface area is 301 Å². The van der Waals surface area contributed by atoms with Gasteiger partial charge in [0.25, 0.3) is 0 Å². The Kier molecular flexibility index (Phi) is 31.2. The molecule has 0 aromatic heterocycles. The Morgan fingerprint density at radius 3 is 0.776 bits per heavy atom. The molecular formula is C42H80O7. The van der Waals surface area contributed by atoms with Gasteiger partial charge >= 0.3 is 17.9 Å². The lowest BCUT2D eigenvalue weighted by Gasteiger charge is -2.41. The van der Waals surface area contributed by atoms with Crippen molar-refractivity contribution >= 4 is 17.9 Å². The minimum Gasteiger partial charge on any atom is -0.481 e. The average Bonchev–Trinajstić information content (AvgIpc) is 3.06. The molecule has 0 spiro atoms. The largest absolute Gasteiger partial charge is 0.481 e. The summed E-state index contributed by atoms with van der Waals surface area (Å²) in [5, 5.41) is 41.0. The van der Waals surface area contributed by atoms with Gasteiger partial charge in [0.1, 0.15) is 5.41 Å². The van der Waals surface area contributed by atoms with Crippen molar-refractivity contribution in [2.75, 3.05) is 0 Å². The van der Waals surface area contributed by atoms with E-state index < -0.39 is 35.3 Å². The Morgan fingerprint density at radius 1 is 0.367 bits per heavy atom. The van der Waals surface area contributed by atoms with Crippen molar-refractivity contribution in [1.82, 2.24) is 0 Å². The molecule has 0 saturated carbocycles. The van der Waals surface area contributed by atoms with Gasteiger partial charge in [0.2, 0.25) is 0 Å². The molecule has 4 N–H and O–H groups in total. The van der Waals surface area contributed by atoms with Crippen LogP contribution in [-0.2, 0) is 14.4 Å². The van der Waals surface area contributed by atoms with Crippen LogP contribution in [0.1, 0.15) is 239 Å². The molecule has 0 aliphatic rings. The van der Waals surface area contributed by atoms with Crippen molar-refractivity contribution in [3.8, 4) is 0 Å². The second kappa shape index (κ2) is 32.3. The molecule has 0 aromatic rings. The Morgan fingerprint density at radius 2 is 0.592 bits per heavy atom. The van der Waals surface area contributed by atoms with Gasteiger partial charge in [-0.2, -0.15) is 0 Å². The van der Waals surface area contributed by atoms with Crippen LogP contribution >= 0.6 is 0 Å².